The second-order valence-corrected chi connectivity index (χ2v) is 7.68. The molecule has 0 radical (unpaired) electrons. The molecule has 0 amide bonds. The van der Waals surface area contributed by atoms with Crippen LogP contribution in [0.1, 0.15) is 22.0 Å². The first-order valence-electron chi connectivity index (χ1n) is 7.95. The van der Waals surface area contributed by atoms with Crippen molar-refractivity contribution in [2.24, 2.45) is 0 Å². The Morgan fingerprint density at radius 2 is 2.15 bits per heavy atom. The van der Waals surface area contributed by atoms with Crippen LogP contribution in [0, 0.1) is 5.82 Å². The number of rotatable bonds is 4. The smallest absolute Gasteiger partial charge is 0.337 e. The fourth-order valence-corrected chi connectivity index (χ4v) is 4.58. The van der Waals surface area contributed by atoms with Crippen molar-refractivity contribution in [1.29, 1.82) is 0 Å². The first-order chi connectivity index (χ1) is 12.4. The first-order valence-corrected chi connectivity index (χ1v) is 9.39. The molecule has 0 saturated carbocycles. The lowest BCUT2D eigenvalue weighted by Crippen LogP contribution is -2.48. The molecule has 1 fully saturated rings. The molecule has 1 N–H and O–H groups in total. The number of pyridine rings is 1. The highest BCUT2D eigenvalue weighted by molar-refractivity contribution is 7.89. The third-order valence-electron chi connectivity index (χ3n) is 4.16. The van der Waals surface area contributed by atoms with Gasteiger partial charge in [0, 0.05) is 32.0 Å². The Balaban J connectivity index is 0.00000261. The Kier molecular flexibility index (Phi) is 6.88. The monoisotopic (exact) mass is 415 g/mol. The van der Waals surface area contributed by atoms with Gasteiger partial charge < -0.3 is 10.1 Å². The molecule has 0 aliphatic carbocycles. The molecule has 1 unspecified atom stereocenters. The summed E-state index contributed by atoms with van der Waals surface area (Å²) in [6, 6.07) is 6.02. The average Bonchev–Trinajstić information content (AvgIpc) is 2.67. The van der Waals surface area contributed by atoms with Gasteiger partial charge in [0.15, 0.2) is 0 Å². The van der Waals surface area contributed by atoms with Crippen molar-refractivity contribution < 1.29 is 22.3 Å². The van der Waals surface area contributed by atoms with Gasteiger partial charge in [0.1, 0.15) is 5.82 Å². The van der Waals surface area contributed by atoms with Crippen LogP contribution in [0.25, 0.3) is 0 Å². The summed E-state index contributed by atoms with van der Waals surface area (Å²) >= 11 is 0. The standard InChI is InChI=1S/C17H18FN3O4S.ClH/c1-25-17(22)13-7-14(18)9-15(8-13)26(23,24)21-6-5-20-11-16(21)12-3-2-4-19-10-12;/h2-4,7-10,16,20H,5-6,11H2,1H3;1H. The number of sulfonamides is 1. The molecule has 1 aromatic carbocycles. The van der Waals surface area contributed by atoms with Gasteiger partial charge in [-0.05, 0) is 29.8 Å². The van der Waals surface area contributed by atoms with Crippen LogP contribution in [0.2, 0.25) is 0 Å². The molecule has 0 spiro atoms. The predicted octanol–water partition coefficient (Wildman–Crippen LogP) is 1.76. The third-order valence-corrected chi connectivity index (χ3v) is 6.05. The van der Waals surface area contributed by atoms with Gasteiger partial charge in [0.2, 0.25) is 10.0 Å². The largest absolute Gasteiger partial charge is 0.465 e. The van der Waals surface area contributed by atoms with Gasteiger partial charge in [0.05, 0.1) is 23.6 Å². The summed E-state index contributed by atoms with van der Waals surface area (Å²) in [7, 11) is -2.88. The van der Waals surface area contributed by atoms with Gasteiger partial charge in [-0.25, -0.2) is 17.6 Å². The van der Waals surface area contributed by atoms with E-state index in [-0.39, 0.29) is 29.4 Å². The Morgan fingerprint density at radius 3 is 2.81 bits per heavy atom. The second-order valence-electron chi connectivity index (χ2n) is 5.79. The van der Waals surface area contributed by atoms with E-state index in [1.54, 1.807) is 24.5 Å². The molecule has 2 heterocycles. The third kappa shape index (κ3) is 4.44. The van der Waals surface area contributed by atoms with Crippen molar-refractivity contribution in [3.05, 3.63) is 59.7 Å². The molecule has 2 aromatic rings. The number of benzene rings is 1. The summed E-state index contributed by atoms with van der Waals surface area (Å²) in [5.41, 5.74) is 0.576. The van der Waals surface area contributed by atoms with Crippen LogP contribution in [0.4, 0.5) is 4.39 Å². The zero-order valence-corrected chi connectivity index (χ0v) is 16.1. The van der Waals surface area contributed by atoms with Crippen LogP contribution in [0.5, 0.6) is 0 Å². The summed E-state index contributed by atoms with van der Waals surface area (Å²) in [5, 5.41) is 3.15. The summed E-state index contributed by atoms with van der Waals surface area (Å²) < 4.78 is 46.1. The van der Waals surface area contributed by atoms with E-state index in [4.69, 9.17) is 0 Å². The SMILES string of the molecule is COC(=O)c1cc(F)cc(S(=O)(=O)N2CCNCC2c2cccnc2)c1.Cl. The van der Waals surface area contributed by atoms with Gasteiger partial charge in [-0.3, -0.25) is 4.98 Å². The summed E-state index contributed by atoms with van der Waals surface area (Å²) in [6.45, 7) is 1.09. The topological polar surface area (TPSA) is 88.6 Å². The number of carbonyl (C=O) groups excluding carboxylic acids is 1. The van der Waals surface area contributed by atoms with Gasteiger partial charge in [-0.15, -0.1) is 12.4 Å². The Hall–Kier alpha value is -2.07. The van der Waals surface area contributed by atoms with E-state index in [1.807, 2.05) is 0 Å². The van der Waals surface area contributed by atoms with E-state index in [9.17, 15) is 17.6 Å². The highest BCUT2D eigenvalue weighted by Gasteiger charge is 2.35. The van der Waals surface area contributed by atoms with Crippen LogP contribution in [0.3, 0.4) is 0 Å². The predicted molar refractivity (Wildman–Crippen MR) is 98.7 cm³/mol. The number of halogens is 2. The molecule has 1 aliphatic rings. The first kappa shape index (κ1) is 21.2. The maximum absolute atomic E-state index is 13.9. The fourth-order valence-electron chi connectivity index (χ4n) is 2.91. The number of hydrogen-bond acceptors (Lipinski definition) is 6. The molecular weight excluding hydrogens is 397 g/mol. The maximum atomic E-state index is 13.9. The summed E-state index contributed by atoms with van der Waals surface area (Å²) in [5.74, 6) is -1.62. The van der Waals surface area contributed by atoms with Crippen molar-refractivity contribution in [1.82, 2.24) is 14.6 Å². The van der Waals surface area contributed by atoms with Crippen LogP contribution in [-0.2, 0) is 14.8 Å². The van der Waals surface area contributed by atoms with Gasteiger partial charge in [-0.1, -0.05) is 6.07 Å². The average molecular weight is 416 g/mol. The molecular formula is C17H19ClFN3O4S. The number of hydrogen-bond donors (Lipinski definition) is 1. The number of esters is 1. The van der Waals surface area contributed by atoms with E-state index in [1.165, 1.54) is 4.31 Å². The number of nitrogens with one attached hydrogen (secondary N) is 1. The highest BCUT2D eigenvalue weighted by Crippen LogP contribution is 2.29. The Morgan fingerprint density at radius 1 is 1.37 bits per heavy atom. The van der Waals surface area contributed by atoms with E-state index in [2.05, 4.69) is 15.0 Å². The zero-order valence-electron chi connectivity index (χ0n) is 14.5. The quantitative estimate of drug-likeness (QED) is 0.765. The Bertz CT molecular complexity index is 912. The molecule has 1 saturated heterocycles. The van der Waals surface area contributed by atoms with Crippen LogP contribution >= 0.6 is 12.4 Å². The number of piperazine rings is 1. The van der Waals surface area contributed by atoms with Crippen molar-refractivity contribution in [2.45, 2.75) is 10.9 Å². The number of ether oxygens (including phenoxy) is 1. The molecule has 146 valence electrons. The van der Waals surface area contributed by atoms with E-state index < -0.39 is 27.9 Å². The molecule has 1 atom stereocenters. The van der Waals surface area contributed by atoms with Gasteiger partial charge in [0.25, 0.3) is 0 Å². The van der Waals surface area contributed by atoms with E-state index in [0.717, 1.165) is 30.9 Å². The lowest BCUT2D eigenvalue weighted by molar-refractivity contribution is 0.0600. The molecule has 1 aliphatic heterocycles. The molecule has 3 rings (SSSR count). The molecule has 10 heteroatoms. The fraction of sp³-hybridized carbons (Fsp3) is 0.294. The lowest BCUT2D eigenvalue weighted by atomic mass is 10.1. The maximum Gasteiger partial charge on any atom is 0.337 e. The molecule has 27 heavy (non-hydrogen) atoms. The lowest BCUT2D eigenvalue weighted by Gasteiger charge is -2.35. The van der Waals surface area contributed by atoms with Crippen LogP contribution in [0.15, 0.2) is 47.6 Å². The van der Waals surface area contributed by atoms with Crippen LogP contribution in [-0.4, -0.2) is 50.4 Å². The molecule has 1 aromatic heterocycles. The van der Waals surface area contributed by atoms with Gasteiger partial charge >= 0.3 is 5.97 Å². The van der Waals surface area contributed by atoms with Gasteiger partial charge in [-0.2, -0.15) is 4.31 Å². The number of carbonyl (C=O) groups is 1. The number of nitrogens with zero attached hydrogens (tertiary/aromatic N) is 2. The summed E-state index contributed by atoms with van der Waals surface area (Å²) in [4.78, 5) is 15.4. The van der Waals surface area contributed by atoms with Crippen LogP contribution < -0.4 is 5.32 Å². The number of aromatic nitrogens is 1. The highest BCUT2D eigenvalue weighted by atomic mass is 35.5. The van der Waals surface area contributed by atoms with E-state index in [0.29, 0.717) is 13.1 Å². The normalized spacial score (nSPS) is 17.8. The van der Waals surface area contributed by atoms with E-state index >= 15 is 0 Å². The zero-order chi connectivity index (χ0) is 18.7. The second kappa shape index (κ2) is 8.75. The van der Waals surface area contributed by atoms with Crippen molar-refractivity contribution in [3.8, 4) is 0 Å². The number of methoxy groups -OCH3 is 1. The summed E-state index contributed by atoms with van der Waals surface area (Å²) in [6.07, 6.45) is 3.21. The Labute approximate surface area is 163 Å². The minimum absolute atomic E-state index is 0. The minimum Gasteiger partial charge on any atom is -0.465 e. The van der Waals surface area contributed by atoms with Crippen molar-refractivity contribution in [3.63, 3.8) is 0 Å². The van der Waals surface area contributed by atoms with Crippen molar-refractivity contribution >= 4 is 28.4 Å². The molecule has 7 nitrogen and oxygen atoms in total. The molecule has 0 bridgehead atoms. The minimum atomic E-state index is -4.03. The van der Waals surface area contributed by atoms with Crippen molar-refractivity contribution in [2.75, 3.05) is 26.7 Å².